The first-order valence-electron chi connectivity index (χ1n) is 6.37. The Bertz CT molecular complexity index is 448. The van der Waals surface area contributed by atoms with Crippen LogP contribution >= 0.6 is 23.8 Å². The third-order valence-corrected chi connectivity index (χ3v) is 3.49. The fourth-order valence-corrected chi connectivity index (χ4v) is 2.64. The summed E-state index contributed by atoms with van der Waals surface area (Å²) < 4.78 is 0. The van der Waals surface area contributed by atoms with E-state index < -0.39 is 0 Å². The molecule has 0 aromatic heterocycles. The van der Waals surface area contributed by atoms with Gasteiger partial charge in [0.25, 0.3) is 0 Å². The molecule has 106 valence electrons. The van der Waals surface area contributed by atoms with E-state index in [1.54, 1.807) is 0 Å². The molecule has 1 atom stereocenters. The summed E-state index contributed by atoms with van der Waals surface area (Å²) in [5.41, 5.74) is 7.70. The summed E-state index contributed by atoms with van der Waals surface area (Å²) in [7, 11) is 4.13. The van der Waals surface area contributed by atoms with Crippen molar-refractivity contribution in [3.05, 3.63) is 28.8 Å². The van der Waals surface area contributed by atoms with Crippen LogP contribution in [0, 0.1) is 0 Å². The maximum absolute atomic E-state index is 6.11. The minimum absolute atomic E-state index is 0.353. The number of benzene rings is 1. The fraction of sp³-hybridized carbons (Fsp3) is 0.500. The predicted octanol–water partition coefficient (Wildman–Crippen LogP) is 2.75. The summed E-state index contributed by atoms with van der Waals surface area (Å²) >= 11 is 11.2. The maximum atomic E-state index is 6.11. The van der Waals surface area contributed by atoms with E-state index in [1.807, 2.05) is 18.2 Å². The number of nitrogens with two attached hydrogens (primary N) is 1. The van der Waals surface area contributed by atoms with Gasteiger partial charge in [0, 0.05) is 35.4 Å². The fourth-order valence-electron chi connectivity index (χ4n) is 2.30. The average molecular weight is 300 g/mol. The lowest BCUT2D eigenvalue weighted by molar-refractivity contribution is 0.373. The monoisotopic (exact) mass is 299 g/mol. The van der Waals surface area contributed by atoms with Crippen LogP contribution in [-0.2, 0) is 0 Å². The molecule has 0 aliphatic rings. The van der Waals surface area contributed by atoms with Crippen LogP contribution in [0.4, 0.5) is 5.69 Å². The van der Waals surface area contributed by atoms with Crippen LogP contribution in [0.3, 0.4) is 0 Å². The molecule has 1 unspecified atom stereocenters. The third kappa shape index (κ3) is 4.34. The minimum Gasteiger partial charge on any atom is -0.389 e. The Labute approximate surface area is 126 Å². The second-order valence-corrected chi connectivity index (χ2v) is 5.80. The number of nitrogens with zero attached hydrogens (tertiary/aromatic N) is 2. The summed E-state index contributed by atoms with van der Waals surface area (Å²) in [6.45, 7) is 6.15. The molecule has 0 saturated carbocycles. The quantitative estimate of drug-likeness (QED) is 0.819. The first kappa shape index (κ1) is 16.2. The van der Waals surface area contributed by atoms with Crippen molar-refractivity contribution in [2.75, 3.05) is 32.1 Å². The van der Waals surface area contributed by atoms with Gasteiger partial charge in [0.05, 0.1) is 0 Å². The van der Waals surface area contributed by atoms with E-state index in [2.05, 4.69) is 37.7 Å². The summed E-state index contributed by atoms with van der Waals surface area (Å²) in [6, 6.07) is 6.01. The summed E-state index contributed by atoms with van der Waals surface area (Å²) in [5, 5.41) is 0.700. The molecule has 0 fully saturated rings. The normalized spacial score (nSPS) is 12.5. The van der Waals surface area contributed by atoms with Crippen molar-refractivity contribution in [1.29, 1.82) is 0 Å². The largest absolute Gasteiger partial charge is 0.389 e. The molecule has 0 saturated heterocycles. The summed E-state index contributed by atoms with van der Waals surface area (Å²) in [4.78, 5) is 4.85. The van der Waals surface area contributed by atoms with Gasteiger partial charge in [-0.15, -0.1) is 0 Å². The smallest absolute Gasteiger partial charge is 0.106 e. The Morgan fingerprint density at radius 2 is 2.05 bits per heavy atom. The lowest BCUT2D eigenvalue weighted by atomic mass is 10.1. The molecule has 5 heteroatoms. The van der Waals surface area contributed by atoms with Gasteiger partial charge in [-0.3, -0.25) is 0 Å². The van der Waals surface area contributed by atoms with E-state index in [9.17, 15) is 0 Å². The molecule has 1 aromatic rings. The van der Waals surface area contributed by atoms with Gasteiger partial charge in [-0.25, -0.2) is 0 Å². The van der Waals surface area contributed by atoms with Crippen LogP contribution in [0.1, 0.15) is 19.4 Å². The second-order valence-electron chi connectivity index (χ2n) is 4.92. The third-order valence-electron chi connectivity index (χ3n) is 3.04. The topological polar surface area (TPSA) is 32.5 Å². The molecule has 0 bridgehead atoms. The molecular weight excluding hydrogens is 278 g/mol. The molecule has 1 aromatic carbocycles. The van der Waals surface area contributed by atoms with Crippen LogP contribution in [0.15, 0.2) is 18.2 Å². The molecule has 0 amide bonds. The highest BCUT2D eigenvalue weighted by molar-refractivity contribution is 7.80. The number of rotatable bonds is 6. The van der Waals surface area contributed by atoms with Crippen molar-refractivity contribution in [3.63, 3.8) is 0 Å². The van der Waals surface area contributed by atoms with Gasteiger partial charge in [-0.1, -0.05) is 23.8 Å². The lowest BCUT2D eigenvalue weighted by Gasteiger charge is -2.33. The molecule has 0 aliphatic heterocycles. The molecule has 2 N–H and O–H groups in total. The first-order chi connectivity index (χ1) is 8.86. The molecule has 3 nitrogen and oxygen atoms in total. The van der Waals surface area contributed by atoms with Crippen LogP contribution < -0.4 is 10.6 Å². The Balaban J connectivity index is 3.16. The predicted molar refractivity (Wildman–Crippen MR) is 88.4 cm³/mol. The zero-order valence-corrected chi connectivity index (χ0v) is 13.6. The summed E-state index contributed by atoms with van der Waals surface area (Å²) in [6.07, 6.45) is 0. The van der Waals surface area contributed by atoms with Crippen molar-refractivity contribution in [3.8, 4) is 0 Å². The Kier molecular flexibility index (Phi) is 6.04. The maximum Gasteiger partial charge on any atom is 0.106 e. The zero-order valence-electron chi connectivity index (χ0n) is 12.0. The van der Waals surface area contributed by atoms with E-state index in [0.29, 0.717) is 16.1 Å². The van der Waals surface area contributed by atoms with Gasteiger partial charge in [0.2, 0.25) is 0 Å². The number of anilines is 1. The number of halogens is 1. The van der Waals surface area contributed by atoms with Gasteiger partial charge in [-0.05, 0) is 46.1 Å². The van der Waals surface area contributed by atoms with Gasteiger partial charge >= 0.3 is 0 Å². The molecule has 1 rings (SSSR count). The number of thiocarbonyl (C=S) groups is 1. The molecule has 19 heavy (non-hydrogen) atoms. The Morgan fingerprint density at radius 1 is 1.42 bits per heavy atom. The van der Waals surface area contributed by atoms with Gasteiger partial charge in [0.1, 0.15) is 4.99 Å². The highest BCUT2D eigenvalue weighted by atomic mass is 35.5. The van der Waals surface area contributed by atoms with Gasteiger partial charge in [0.15, 0.2) is 0 Å². The SMILES string of the molecule is CCN(c1cc(Cl)ccc1C(N)=S)C(C)CN(C)C. The Hall–Kier alpha value is -0.840. The van der Waals surface area contributed by atoms with Crippen LogP contribution in [0.2, 0.25) is 5.02 Å². The molecule has 0 aliphatic carbocycles. The molecule has 0 heterocycles. The van der Waals surface area contributed by atoms with Gasteiger partial charge in [-0.2, -0.15) is 0 Å². The standard InChI is InChI=1S/C14H22ClN3S/c1-5-18(10(2)9-17(3)4)13-8-11(15)6-7-12(13)14(16)19/h6-8,10H,5,9H2,1-4H3,(H2,16,19). The molecular formula is C14H22ClN3S. The highest BCUT2D eigenvalue weighted by Crippen LogP contribution is 2.26. The van der Waals surface area contributed by atoms with Crippen molar-refractivity contribution >= 4 is 34.5 Å². The van der Waals surface area contributed by atoms with Crippen molar-refractivity contribution < 1.29 is 0 Å². The zero-order chi connectivity index (χ0) is 14.6. The van der Waals surface area contributed by atoms with E-state index in [1.165, 1.54) is 0 Å². The number of hydrogen-bond acceptors (Lipinski definition) is 3. The van der Waals surface area contributed by atoms with Crippen molar-refractivity contribution in [2.45, 2.75) is 19.9 Å². The minimum atomic E-state index is 0.353. The molecule has 0 radical (unpaired) electrons. The second kappa shape index (κ2) is 7.08. The van der Waals surface area contributed by atoms with Crippen molar-refractivity contribution in [2.24, 2.45) is 5.73 Å². The van der Waals surface area contributed by atoms with Crippen molar-refractivity contribution in [1.82, 2.24) is 4.90 Å². The molecule has 0 spiro atoms. The van der Waals surface area contributed by atoms with E-state index in [4.69, 9.17) is 29.6 Å². The first-order valence-corrected chi connectivity index (χ1v) is 7.16. The van der Waals surface area contributed by atoms with E-state index in [-0.39, 0.29) is 0 Å². The Morgan fingerprint density at radius 3 is 2.53 bits per heavy atom. The van der Waals surface area contributed by atoms with Gasteiger partial charge < -0.3 is 15.5 Å². The lowest BCUT2D eigenvalue weighted by Crippen LogP contribution is -2.41. The van der Waals surface area contributed by atoms with Crippen LogP contribution in [-0.4, -0.2) is 43.1 Å². The number of likely N-dealkylation sites (N-methyl/N-ethyl adjacent to an activating group) is 2. The van der Waals surface area contributed by atoms with E-state index >= 15 is 0 Å². The van der Waals surface area contributed by atoms with Crippen LogP contribution in [0.5, 0.6) is 0 Å². The van der Waals surface area contributed by atoms with Crippen LogP contribution in [0.25, 0.3) is 0 Å². The highest BCUT2D eigenvalue weighted by Gasteiger charge is 2.18. The summed E-state index contributed by atoms with van der Waals surface area (Å²) in [5.74, 6) is 0. The average Bonchev–Trinajstić information content (AvgIpc) is 2.28. The number of hydrogen-bond donors (Lipinski definition) is 1. The van der Waals surface area contributed by atoms with E-state index in [0.717, 1.165) is 24.3 Å².